The SMILES string of the molecule is CCC(=O)Nc1nc(C)c(-c2csc(Nc3cccc(C(C)=O)c3)n2)s1. The van der Waals surface area contributed by atoms with E-state index in [1.165, 1.54) is 22.7 Å². The molecule has 0 fully saturated rings. The fourth-order valence-electron chi connectivity index (χ4n) is 2.27. The van der Waals surface area contributed by atoms with E-state index in [0.29, 0.717) is 17.1 Å². The lowest BCUT2D eigenvalue weighted by atomic mass is 10.1. The molecule has 0 unspecified atom stereocenters. The molecule has 1 amide bonds. The van der Waals surface area contributed by atoms with Crippen LogP contribution in [0.15, 0.2) is 29.6 Å². The summed E-state index contributed by atoms with van der Waals surface area (Å²) in [6.07, 6.45) is 0.415. The molecule has 2 N–H and O–H groups in total. The summed E-state index contributed by atoms with van der Waals surface area (Å²) in [6, 6.07) is 7.32. The van der Waals surface area contributed by atoms with Gasteiger partial charge >= 0.3 is 0 Å². The Kier molecular flexibility index (Phi) is 5.43. The summed E-state index contributed by atoms with van der Waals surface area (Å²) >= 11 is 2.89. The maximum atomic E-state index is 11.5. The molecule has 0 bridgehead atoms. The van der Waals surface area contributed by atoms with Crippen molar-refractivity contribution < 1.29 is 9.59 Å². The number of hydrogen-bond acceptors (Lipinski definition) is 7. The average molecular weight is 387 g/mol. The van der Waals surface area contributed by atoms with Gasteiger partial charge in [0.15, 0.2) is 16.0 Å². The highest BCUT2D eigenvalue weighted by atomic mass is 32.1. The topological polar surface area (TPSA) is 84.0 Å². The summed E-state index contributed by atoms with van der Waals surface area (Å²) in [5.41, 5.74) is 3.11. The van der Waals surface area contributed by atoms with Gasteiger partial charge in [-0.3, -0.25) is 9.59 Å². The molecule has 8 heteroatoms. The number of carbonyl (C=O) groups is 2. The fourth-order valence-corrected chi connectivity index (χ4v) is 4.01. The molecule has 134 valence electrons. The van der Waals surface area contributed by atoms with Crippen LogP contribution in [-0.4, -0.2) is 21.7 Å². The number of rotatable bonds is 6. The maximum absolute atomic E-state index is 11.5. The Balaban J connectivity index is 1.79. The van der Waals surface area contributed by atoms with Crippen LogP contribution in [-0.2, 0) is 4.79 Å². The maximum Gasteiger partial charge on any atom is 0.225 e. The van der Waals surface area contributed by atoms with Crippen molar-refractivity contribution in [3.63, 3.8) is 0 Å². The predicted octanol–water partition coefficient (Wildman–Crippen LogP) is 4.87. The molecule has 0 spiro atoms. The molecule has 0 radical (unpaired) electrons. The van der Waals surface area contributed by atoms with Crippen molar-refractivity contribution in [1.82, 2.24) is 9.97 Å². The second-order valence-corrected chi connectivity index (χ2v) is 7.49. The molecule has 0 aliphatic rings. The van der Waals surface area contributed by atoms with Gasteiger partial charge in [-0.25, -0.2) is 9.97 Å². The van der Waals surface area contributed by atoms with Crippen LogP contribution in [0.5, 0.6) is 0 Å². The largest absolute Gasteiger partial charge is 0.332 e. The van der Waals surface area contributed by atoms with Crippen LogP contribution in [0.1, 0.15) is 36.3 Å². The van der Waals surface area contributed by atoms with Gasteiger partial charge in [0, 0.05) is 23.1 Å². The molecule has 0 aliphatic carbocycles. The lowest BCUT2D eigenvalue weighted by molar-refractivity contribution is -0.115. The van der Waals surface area contributed by atoms with Crippen LogP contribution < -0.4 is 10.6 Å². The zero-order chi connectivity index (χ0) is 18.7. The zero-order valence-electron chi connectivity index (χ0n) is 14.6. The Bertz CT molecular complexity index is 962. The first-order valence-corrected chi connectivity index (χ1v) is 9.77. The summed E-state index contributed by atoms with van der Waals surface area (Å²) in [5.74, 6) is -0.0355. The molecular weight excluding hydrogens is 368 g/mol. The monoisotopic (exact) mass is 386 g/mol. The summed E-state index contributed by atoms with van der Waals surface area (Å²) in [7, 11) is 0. The molecule has 1 aromatic carbocycles. The van der Waals surface area contributed by atoms with E-state index in [1.54, 1.807) is 26.0 Å². The second-order valence-electron chi connectivity index (χ2n) is 5.64. The van der Waals surface area contributed by atoms with Gasteiger partial charge in [-0.15, -0.1) is 11.3 Å². The van der Waals surface area contributed by atoms with Gasteiger partial charge in [-0.2, -0.15) is 0 Å². The van der Waals surface area contributed by atoms with E-state index >= 15 is 0 Å². The van der Waals surface area contributed by atoms with Gasteiger partial charge in [0.1, 0.15) is 0 Å². The quantitative estimate of drug-likeness (QED) is 0.591. The summed E-state index contributed by atoms with van der Waals surface area (Å²) < 4.78 is 0. The number of thiazole rings is 2. The first-order valence-electron chi connectivity index (χ1n) is 8.07. The van der Waals surface area contributed by atoms with Gasteiger partial charge in [-0.05, 0) is 26.0 Å². The molecule has 3 rings (SSSR count). The zero-order valence-corrected chi connectivity index (χ0v) is 16.3. The number of benzene rings is 1. The third-order valence-electron chi connectivity index (χ3n) is 3.62. The number of hydrogen-bond donors (Lipinski definition) is 2. The Labute approximate surface area is 159 Å². The van der Waals surface area contributed by atoms with E-state index in [1.807, 2.05) is 24.4 Å². The van der Waals surface area contributed by atoms with E-state index in [4.69, 9.17) is 0 Å². The number of amides is 1. The van der Waals surface area contributed by atoms with Crippen LogP contribution in [0, 0.1) is 6.92 Å². The Morgan fingerprint density at radius 2 is 2.00 bits per heavy atom. The van der Waals surface area contributed by atoms with E-state index in [2.05, 4.69) is 20.6 Å². The first-order chi connectivity index (χ1) is 12.5. The fraction of sp³-hybridized carbons (Fsp3) is 0.222. The van der Waals surface area contributed by atoms with E-state index in [0.717, 1.165) is 27.1 Å². The molecule has 26 heavy (non-hydrogen) atoms. The molecule has 0 saturated heterocycles. The van der Waals surface area contributed by atoms with E-state index < -0.39 is 0 Å². The van der Waals surface area contributed by atoms with Crippen molar-refractivity contribution in [1.29, 1.82) is 0 Å². The average Bonchev–Trinajstić information content (AvgIpc) is 3.21. The lowest BCUT2D eigenvalue weighted by Gasteiger charge is -2.03. The van der Waals surface area contributed by atoms with Crippen LogP contribution in [0.2, 0.25) is 0 Å². The minimum absolute atomic E-state index is 0.0235. The van der Waals surface area contributed by atoms with Gasteiger partial charge in [-0.1, -0.05) is 30.4 Å². The lowest BCUT2D eigenvalue weighted by Crippen LogP contribution is -2.08. The minimum atomic E-state index is -0.0590. The van der Waals surface area contributed by atoms with Crippen molar-refractivity contribution in [2.24, 2.45) is 0 Å². The highest BCUT2D eigenvalue weighted by molar-refractivity contribution is 7.20. The second kappa shape index (κ2) is 7.76. The summed E-state index contributed by atoms with van der Waals surface area (Å²) in [5, 5.41) is 9.27. The summed E-state index contributed by atoms with van der Waals surface area (Å²) in [6.45, 7) is 5.24. The number of nitrogens with one attached hydrogen (secondary N) is 2. The van der Waals surface area contributed by atoms with Crippen molar-refractivity contribution in [3.05, 3.63) is 40.9 Å². The Morgan fingerprint density at radius 1 is 1.19 bits per heavy atom. The van der Waals surface area contributed by atoms with Crippen LogP contribution in [0.4, 0.5) is 16.0 Å². The van der Waals surface area contributed by atoms with Gasteiger partial charge in [0.2, 0.25) is 5.91 Å². The molecule has 6 nitrogen and oxygen atoms in total. The Morgan fingerprint density at radius 3 is 2.73 bits per heavy atom. The number of aryl methyl sites for hydroxylation is 1. The van der Waals surface area contributed by atoms with E-state index in [9.17, 15) is 9.59 Å². The molecule has 0 saturated carbocycles. The molecule has 0 atom stereocenters. The molecular formula is C18H18N4O2S2. The first kappa shape index (κ1) is 18.2. The van der Waals surface area contributed by atoms with Crippen LogP contribution in [0.25, 0.3) is 10.6 Å². The van der Waals surface area contributed by atoms with Gasteiger partial charge in [0.05, 0.1) is 16.3 Å². The van der Waals surface area contributed by atoms with Crippen molar-refractivity contribution >= 4 is 50.3 Å². The number of Topliss-reactive ketones (excluding diaryl/α,β-unsaturated/α-hetero) is 1. The molecule has 3 aromatic rings. The predicted molar refractivity (Wildman–Crippen MR) is 107 cm³/mol. The van der Waals surface area contributed by atoms with Crippen molar-refractivity contribution in [2.75, 3.05) is 10.6 Å². The van der Waals surface area contributed by atoms with Gasteiger partial charge in [0.25, 0.3) is 0 Å². The smallest absolute Gasteiger partial charge is 0.225 e. The number of nitrogens with zero attached hydrogens (tertiary/aromatic N) is 2. The van der Waals surface area contributed by atoms with Crippen LogP contribution in [0.3, 0.4) is 0 Å². The number of aromatic nitrogens is 2. The Hall–Kier alpha value is -2.58. The van der Waals surface area contributed by atoms with Crippen molar-refractivity contribution in [3.8, 4) is 10.6 Å². The van der Waals surface area contributed by atoms with E-state index in [-0.39, 0.29) is 11.7 Å². The number of carbonyl (C=O) groups excluding carboxylic acids is 2. The molecule has 2 aromatic heterocycles. The molecule has 0 aliphatic heterocycles. The third kappa shape index (κ3) is 4.14. The number of ketones is 1. The normalized spacial score (nSPS) is 10.6. The number of anilines is 3. The standard InChI is InChI=1S/C18H18N4O2S2/c1-4-15(24)22-18-19-10(2)16(26-18)14-9-25-17(21-14)20-13-7-5-6-12(8-13)11(3)23/h5-9H,4H2,1-3H3,(H,20,21)(H,19,22,24). The summed E-state index contributed by atoms with van der Waals surface area (Å²) in [4.78, 5) is 33.0. The molecule has 2 heterocycles. The van der Waals surface area contributed by atoms with Crippen LogP contribution >= 0.6 is 22.7 Å². The third-order valence-corrected chi connectivity index (χ3v) is 5.47. The highest BCUT2D eigenvalue weighted by Crippen LogP contribution is 2.35. The van der Waals surface area contributed by atoms with Gasteiger partial charge < -0.3 is 10.6 Å². The minimum Gasteiger partial charge on any atom is -0.332 e. The van der Waals surface area contributed by atoms with Crippen molar-refractivity contribution in [2.45, 2.75) is 27.2 Å². The highest BCUT2D eigenvalue weighted by Gasteiger charge is 2.14.